The number of halogens is 3. The summed E-state index contributed by atoms with van der Waals surface area (Å²) in [4.78, 5) is 14.8. The van der Waals surface area contributed by atoms with Crippen LogP contribution in [0.4, 0.5) is 13.2 Å². The van der Waals surface area contributed by atoms with Crippen LogP contribution < -0.4 is 4.74 Å². The number of aromatic nitrogens is 2. The molecule has 0 spiro atoms. The Bertz CT molecular complexity index is 634. The average Bonchev–Trinajstić information content (AvgIpc) is 2.63. The molecular formula is C11H9F3N2O3. The van der Waals surface area contributed by atoms with Crippen LogP contribution >= 0.6 is 0 Å². The van der Waals surface area contributed by atoms with E-state index in [0.717, 1.165) is 0 Å². The lowest BCUT2D eigenvalue weighted by Crippen LogP contribution is -2.19. The molecule has 0 aliphatic carbocycles. The maximum absolute atomic E-state index is 12.0. The lowest BCUT2D eigenvalue weighted by atomic mass is 10.2. The van der Waals surface area contributed by atoms with E-state index < -0.39 is 18.8 Å². The number of rotatable bonds is 3. The highest BCUT2D eigenvalue weighted by Gasteiger charge is 2.28. The molecule has 0 fully saturated rings. The Hall–Kier alpha value is -2.25. The second-order valence-electron chi connectivity index (χ2n) is 3.88. The molecule has 0 aromatic carbocycles. The normalized spacial score (nSPS) is 11.8. The number of ether oxygens (including phenoxy) is 1. The number of alkyl halides is 3. The van der Waals surface area contributed by atoms with Crippen molar-refractivity contribution in [2.45, 2.75) is 6.18 Å². The first-order chi connectivity index (χ1) is 8.78. The molecule has 102 valence electrons. The molecule has 2 aromatic heterocycles. The molecule has 8 heteroatoms. The number of carboxylic acids is 1. The lowest BCUT2D eigenvalue weighted by Gasteiger charge is -2.08. The van der Waals surface area contributed by atoms with E-state index in [4.69, 9.17) is 5.11 Å². The van der Waals surface area contributed by atoms with E-state index in [0.29, 0.717) is 5.39 Å². The van der Waals surface area contributed by atoms with Crippen LogP contribution in [-0.4, -0.2) is 33.4 Å². The summed E-state index contributed by atoms with van der Waals surface area (Å²) in [7, 11) is 1.55. The third kappa shape index (κ3) is 2.78. The molecule has 0 amide bonds. The Labute approximate surface area is 105 Å². The maximum Gasteiger partial charge on any atom is 0.422 e. The van der Waals surface area contributed by atoms with Crippen LogP contribution in [0.2, 0.25) is 0 Å². The van der Waals surface area contributed by atoms with Crippen LogP contribution in [0.15, 0.2) is 18.3 Å². The van der Waals surface area contributed by atoms with Crippen molar-refractivity contribution in [3.05, 3.63) is 23.9 Å². The summed E-state index contributed by atoms with van der Waals surface area (Å²) in [6.07, 6.45) is -3.11. The Balaban J connectivity index is 2.36. The van der Waals surface area contributed by atoms with Crippen molar-refractivity contribution in [3.63, 3.8) is 0 Å². The number of carboxylic acid groups (broad SMARTS) is 1. The standard InChI is InChI=1S/C11H9F3N2O3/c1-16-4-7(10(17)18)6-2-3-8(15-9(6)16)19-5-11(12,13)14/h2-4H,5H2,1H3,(H,17,18). The molecule has 0 aliphatic heterocycles. The number of fused-ring (bicyclic) bond motifs is 1. The maximum atomic E-state index is 12.0. The van der Waals surface area contributed by atoms with Gasteiger partial charge in [0.15, 0.2) is 6.61 Å². The van der Waals surface area contributed by atoms with Gasteiger partial charge in [-0.25, -0.2) is 4.79 Å². The quantitative estimate of drug-likeness (QED) is 0.932. The topological polar surface area (TPSA) is 64.4 Å². The van der Waals surface area contributed by atoms with Crippen LogP contribution in [-0.2, 0) is 7.05 Å². The molecular weight excluding hydrogens is 265 g/mol. The van der Waals surface area contributed by atoms with Crippen LogP contribution in [0.3, 0.4) is 0 Å². The van der Waals surface area contributed by atoms with Gasteiger partial charge in [0.1, 0.15) is 5.65 Å². The molecule has 2 aromatic rings. The highest BCUT2D eigenvalue weighted by Crippen LogP contribution is 2.23. The fourth-order valence-electron chi connectivity index (χ4n) is 1.64. The van der Waals surface area contributed by atoms with Gasteiger partial charge in [0.05, 0.1) is 5.56 Å². The van der Waals surface area contributed by atoms with E-state index in [9.17, 15) is 18.0 Å². The SMILES string of the molecule is Cn1cc(C(=O)O)c2ccc(OCC(F)(F)F)nc21. The zero-order valence-corrected chi connectivity index (χ0v) is 9.73. The van der Waals surface area contributed by atoms with Crippen LogP contribution in [0, 0.1) is 0 Å². The summed E-state index contributed by atoms with van der Waals surface area (Å²) in [5.74, 6) is -1.33. The Morgan fingerprint density at radius 3 is 2.74 bits per heavy atom. The smallest absolute Gasteiger partial charge is 0.422 e. The van der Waals surface area contributed by atoms with E-state index in [1.54, 1.807) is 7.05 Å². The predicted octanol–water partition coefficient (Wildman–Crippen LogP) is 2.21. The fourth-order valence-corrected chi connectivity index (χ4v) is 1.64. The van der Waals surface area contributed by atoms with Gasteiger partial charge >= 0.3 is 12.1 Å². The van der Waals surface area contributed by atoms with Gasteiger partial charge in [-0.2, -0.15) is 18.2 Å². The van der Waals surface area contributed by atoms with Crippen molar-refractivity contribution >= 4 is 17.0 Å². The number of carbonyl (C=O) groups is 1. The zero-order valence-electron chi connectivity index (χ0n) is 9.73. The minimum atomic E-state index is -4.45. The zero-order chi connectivity index (χ0) is 14.2. The third-order valence-corrected chi connectivity index (χ3v) is 2.41. The van der Waals surface area contributed by atoms with Crippen LogP contribution in [0.25, 0.3) is 11.0 Å². The number of hydrogen-bond acceptors (Lipinski definition) is 3. The number of aryl methyl sites for hydroxylation is 1. The molecule has 2 heterocycles. The van der Waals surface area contributed by atoms with Crippen molar-refractivity contribution in [2.75, 3.05) is 6.61 Å². The summed E-state index contributed by atoms with van der Waals surface area (Å²) in [5.41, 5.74) is 0.282. The second kappa shape index (κ2) is 4.45. The van der Waals surface area contributed by atoms with Crippen molar-refractivity contribution in [1.29, 1.82) is 0 Å². The highest BCUT2D eigenvalue weighted by molar-refractivity contribution is 6.02. The molecule has 5 nitrogen and oxygen atoms in total. The lowest BCUT2D eigenvalue weighted by molar-refractivity contribution is -0.154. The Kier molecular flexibility index (Phi) is 3.09. The summed E-state index contributed by atoms with van der Waals surface area (Å²) < 4.78 is 41.9. The summed E-state index contributed by atoms with van der Waals surface area (Å²) in [6, 6.07) is 2.58. The molecule has 0 bridgehead atoms. The molecule has 1 N–H and O–H groups in total. The molecule has 0 aliphatic rings. The molecule has 0 saturated heterocycles. The number of nitrogens with zero attached hydrogens (tertiary/aromatic N) is 2. The van der Waals surface area contributed by atoms with Gasteiger partial charge in [0.2, 0.25) is 5.88 Å². The summed E-state index contributed by atoms with van der Waals surface area (Å²) in [6.45, 7) is -1.44. The van der Waals surface area contributed by atoms with Gasteiger partial charge in [-0.15, -0.1) is 0 Å². The fraction of sp³-hybridized carbons (Fsp3) is 0.273. The van der Waals surface area contributed by atoms with Crippen molar-refractivity contribution in [1.82, 2.24) is 9.55 Å². The largest absolute Gasteiger partial charge is 0.478 e. The summed E-state index contributed by atoms with van der Waals surface area (Å²) >= 11 is 0. The van der Waals surface area contributed by atoms with Crippen molar-refractivity contribution in [2.24, 2.45) is 7.05 Å². The third-order valence-electron chi connectivity index (χ3n) is 2.41. The van der Waals surface area contributed by atoms with Gasteiger partial charge in [0, 0.05) is 24.7 Å². The monoisotopic (exact) mass is 274 g/mol. The molecule has 0 atom stereocenters. The van der Waals surface area contributed by atoms with E-state index in [2.05, 4.69) is 9.72 Å². The van der Waals surface area contributed by atoms with Crippen molar-refractivity contribution in [3.8, 4) is 5.88 Å². The molecule has 0 radical (unpaired) electrons. The van der Waals surface area contributed by atoms with Gasteiger partial charge in [-0.3, -0.25) is 0 Å². The first-order valence-corrected chi connectivity index (χ1v) is 5.17. The van der Waals surface area contributed by atoms with Crippen LogP contribution in [0.1, 0.15) is 10.4 Å². The first kappa shape index (κ1) is 13.2. The van der Waals surface area contributed by atoms with Gasteiger partial charge in [0.25, 0.3) is 0 Å². The first-order valence-electron chi connectivity index (χ1n) is 5.17. The van der Waals surface area contributed by atoms with E-state index in [-0.39, 0.29) is 17.1 Å². The van der Waals surface area contributed by atoms with E-state index in [1.165, 1.54) is 22.9 Å². The minimum Gasteiger partial charge on any atom is -0.478 e. The highest BCUT2D eigenvalue weighted by atomic mass is 19.4. The average molecular weight is 274 g/mol. The van der Waals surface area contributed by atoms with Crippen LogP contribution in [0.5, 0.6) is 5.88 Å². The van der Waals surface area contributed by atoms with Gasteiger partial charge in [-0.05, 0) is 6.07 Å². The van der Waals surface area contributed by atoms with Gasteiger partial charge < -0.3 is 14.4 Å². The summed E-state index contributed by atoms with van der Waals surface area (Å²) in [5, 5.41) is 9.30. The van der Waals surface area contributed by atoms with Crippen molar-refractivity contribution < 1.29 is 27.8 Å². The van der Waals surface area contributed by atoms with E-state index in [1.807, 2.05) is 0 Å². The number of hydrogen-bond donors (Lipinski definition) is 1. The molecule has 0 saturated carbocycles. The molecule has 2 rings (SSSR count). The van der Waals surface area contributed by atoms with Gasteiger partial charge in [-0.1, -0.05) is 0 Å². The van der Waals surface area contributed by atoms with E-state index >= 15 is 0 Å². The number of pyridine rings is 1. The predicted molar refractivity (Wildman–Crippen MR) is 59.2 cm³/mol. The second-order valence-corrected chi connectivity index (χ2v) is 3.88. The minimum absolute atomic E-state index is 0.0346. The Morgan fingerprint density at radius 2 is 2.16 bits per heavy atom. The molecule has 19 heavy (non-hydrogen) atoms. The Morgan fingerprint density at radius 1 is 1.47 bits per heavy atom. The number of aromatic carboxylic acids is 1. The molecule has 0 unspecified atom stereocenters.